The Morgan fingerprint density at radius 1 is 1.40 bits per heavy atom. The van der Waals surface area contributed by atoms with Gasteiger partial charge in [-0.1, -0.05) is 17.7 Å². The number of aromatic nitrogens is 3. The smallest absolute Gasteiger partial charge is 0.245 e. The van der Waals surface area contributed by atoms with Crippen molar-refractivity contribution in [2.75, 3.05) is 24.5 Å². The van der Waals surface area contributed by atoms with Gasteiger partial charge in [0.25, 0.3) is 0 Å². The second-order valence-corrected chi connectivity index (χ2v) is 5.68. The van der Waals surface area contributed by atoms with Crippen LogP contribution in [0.5, 0.6) is 0 Å². The fourth-order valence-corrected chi connectivity index (χ4v) is 2.65. The average Bonchev–Trinajstić information content (AvgIpc) is 2.91. The third kappa shape index (κ3) is 2.64. The Hall–Kier alpha value is -1.59. The number of nitrogens with one attached hydrogen (secondary N) is 2. The number of halogens is 1. The molecule has 1 aliphatic rings. The molecule has 3 rings (SSSR count). The molecule has 0 spiro atoms. The molecule has 20 heavy (non-hydrogen) atoms. The molecule has 1 saturated heterocycles. The van der Waals surface area contributed by atoms with Crippen LogP contribution in [0.15, 0.2) is 18.2 Å². The molecule has 1 aliphatic heterocycles. The van der Waals surface area contributed by atoms with E-state index in [4.69, 9.17) is 11.6 Å². The van der Waals surface area contributed by atoms with Gasteiger partial charge in [0.2, 0.25) is 5.95 Å². The third-order valence-corrected chi connectivity index (χ3v) is 3.82. The number of aromatic amines is 1. The molecule has 0 radical (unpaired) electrons. The van der Waals surface area contributed by atoms with E-state index in [1.54, 1.807) is 0 Å². The summed E-state index contributed by atoms with van der Waals surface area (Å²) in [5.41, 5.74) is 2.13. The molecule has 2 aromatic rings. The van der Waals surface area contributed by atoms with Gasteiger partial charge in [0.1, 0.15) is 0 Å². The van der Waals surface area contributed by atoms with Crippen LogP contribution in [-0.4, -0.2) is 40.9 Å². The SMILES string of the molecule is Cc1ccc(Cl)cc1-c1nc(N2CCN[C@H](C)C2)n[nH]1. The third-order valence-electron chi connectivity index (χ3n) is 3.58. The summed E-state index contributed by atoms with van der Waals surface area (Å²) < 4.78 is 0. The summed E-state index contributed by atoms with van der Waals surface area (Å²) in [6, 6.07) is 6.25. The fourth-order valence-electron chi connectivity index (χ4n) is 2.48. The molecule has 2 heterocycles. The first-order valence-electron chi connectivity index (χ1n) is 6.81. The molecule has 5 nitrogen and oxygen atoms in total. The topological polar surface area (TPSA) is 56.8 Å². The molecule has 1 fully saturated rings. The van der Waals surface area contributed by atoms with Gasteiger partial charge in [0.15, 0.2) is 5.82 Å². The van der Waals surface area contributed by atoms with Crippen molar-refractivity contribution < 1.29 is 0 Å². The first kappa shape index (κ1) is 13.4. The van der Waals surface area contributed by atoms with Crippen LogP contribution in [0.1, 0.15) is 12.5 Å². The minimum atomic E-state index is 0.457. The van der Waals surface area contributed by atoms with E-state index < -0.39 is 0 Å². The van der Waals surface area contributed by atoms with Crippen LogP contribution in [0.2, 0.25) is 5.02 Å². The van der Waals surface area contributed by atoms with Crippen LogP contribution in [-0.2, 0) is 0 Å². The molecule has 0 amide bonds. The second kappa shape index (κ2) is 5.42. The summed E-state index contributed by atoms with van der Waals surface area (Å²) in [5, 5.41) is 11.5. The summed E-state index contributed by atoms with van der Waals surface area (Å²) in [4.78, 5) is 6.81. The molecule has 1 aromatic heterocycles. The predicted molar refractivity (Wildman–Crippen MR) is 81.2 cm³/mol. The van der Waals surface area contributed by atoms with E-state index in [9.17, 15) is 0 Å². The number of hydrogen-bond donors (Lipinski definition) is 2. The van der Waals surface area contributed by atoms with E-state index in [1.165, 1.54) is 0 Å². The zero-order valence-electron chi connectivity index (χ0n) is 11.7. The Bertz CT molecular complexity index is 609. The zero-order chi connectivity index (χ0) is 14.1. The number of anilines is 1. The van der Waals surface area contributed by atoms with E-state index in [0.717, 1.165) is 42.5 Å². The van der Waals surface area contributed by atoms with Crippen LogP contribution in [0.4, 0.5) is 5.95 Å². The lowest BCUT2D eigenvalue weighted by Crippen LogP contribution is -2.49. The summed E-state index contributed by atoms with van der Waals surface area (Å²) >= 11 is 6.06. The highest BCUT2D eigenvalue weighted by Crippen LogP contribution is 2.25. The first-order chi connectivity index (χ1) is 9.63. The fraction of sp³-hybridized carbons (Fsp3) is 0.429. The second-order valence-electron chi connectivity index (χ2n) is 5.24. The summed E-state index contributed by atoms with van der Waals surface area (Å²) in [7, 11) is 0. The van der Waals surface area contributed by atoms with Gasteiger partial charge in [-0.25, -0.2) is 0 Å². The van der Waals surface area contributed by atoms with Gasteiger partial charge in [-0.3, -0.25) is 5.10 Å². The van der Waals surface area contributed by atoms with E-state index in [-0.39, 0.29) is 0 Å². The lowest BCUT2D eigenvalue weighted by atomic mass is 10.1. The van der Waals surface area contributed by atoms with E-state index in [1.807, 2.05) is 25.1 Å². The molecule has 0 aliphatic carbocycles. The number of benzene rings is 1. The highest BCUT2D eigenvalue weighted by Gasteiger charge is 2.19. The van der Waals surface area contributed by atoms with Crippen molar-refractivity contribution in [2.45, 2.75) is 19.9 Å². The minimum absolute atomic E-state index is 0.457. The van der Waals surface area contributed by atoms with Crippen LogP contribution >= 0.6 is 11.6 Å². The van der Waals surface area contributed by atoms with Crippen molar-refractivity contribution in [3.05, 3.63) is 28.8 Å². The maximum atomic E-state index is 6.06. The molecule has 6 heteroatoms. The van der Waals surface area contributed by atoms with Gasteiger partial charge in [0, 0.05) is 36.3 Å². The van der Waals surface area contributed by atoms with E-state index in [2.05, 4.69) is 32.3 Å². The molecule has 1 atom stereocenters. The van der Waals surface area contributed by atoms with Crippen molar-refractivity contribution in [2.24, 2.45) is 0 Å². The Morgan fingerprint density at radius 2 is 2.25 bits per heavy atom. The van der Waals surface area contributed by atoms with Gasteiger partial charge in [-0.2, -0.15) is 4.98 Å². The molecule has 106 valence electrons. The van der Waals surface area contributed by atoms with Gasteiger partial charge in [-0.05, 0) is 31.5 Å². The minimum Gasteiger partial charge on any atom is -0.337 e. The van der Waals surface area contributed by atoms with Gasteiger partial charge in [0.05, 0.1) is 0 Å². The monoisotopic (exact) mass is 291 g/mol. The number of nitrogens with zero attached hydrogens (tertiary/aromatic N) is 3. The summed E-state index contributed by atoms with van der Waals surface area (Å²) in [5.74, 6) is 1.53. The standard InChI is InChI=1S/C14H18ClN5/c1-9-3-4-11(15)7-12(9)13-17-14(19-18-13)20-6-5-16-10(2)8-20/h3-4,7,10,16H,5-6,8H2,1-2H3,(H,17,18,19)/t10-/m1/s1. The van der Waals surface area contributed by atoms with E-state index >= 15 is 0 Å². The zero-order valence-corrected chi connectivity index (χ0v) is 12.4. The normalized spacial score (nSPS) is 19.4. The van der Waals surface area contributed by atoms with Crippen LogP contribution in [0.3, 0.4) is 0 Å². The lowest BCUT2D eigenvalue weighted by Gasteiger charge is -2.30. The van der Waals surface area contributed by atoms with Gasteiger partial charge < -0.3 is 10.2 Å². The quantitative estimate of drug-likeness (QED) is 0.891. The van der Waals surface area contributed by atoms with Crippen LogP contribution < -0.4 is 10.2 Å². The number of aryl methyl sites for hydroxylation is 1. The highest BCUT2D eigenvalue weighted by atomic mass is 35.5. The van der Waals surface area contributed by atoms with Crippen molar-refractivity contribution in [1.29, 1.82) is 0 Å². The molecule has 1 aromatic carbocycles. The molecule has 0 bridgehead atoms. The van der Waals surface area contributed by atoms with Crippen molar-refractivity contribution >= 4 is 17.5 Å². The van der Waals surface area contributed by atoms with Gasteiger partial charge >= 0.3 is 0 Å². The maximum Gasteiger partial charge on any atom is 0.245 e. The largest absolute Gasteiger partial charge is 0.337 e. The Morgan fingerprint density at radius 3 is 3.05 bits per heavy atom. The number of piperazine rings is 1. The van der Waals surface area contributed by atoms with Gasteiger partial charge in [-0.15, -0.1) is 5.10 Å². The lowest BCUT2D eigenvalue weighted by molar-refractivity contribution is 0.480. The first-order valence-corrected chi connectivity index (χ1v) is 7.18. The molecule has 0 unspecified atom stereocenters. The number of hydrogen-bond acceptors (Lipinski definition) is 4. The van der Waals surface area contributed by atoms with Crippen LogP contribution in [0, 0.1) is 6.92 Å². The summed E-state index contributed by atoms with van der Waals surface area (Å²) in [6.45, 7) is 7.02. The molecule has 0 saturated carbocycles. The highest BCUT2D eigenvalue weighted by molar-refractivity contribution is 6.30. The molecular weight excluding hydrogens is 274 g/mol. The van der Waals surface area contributed by atoms with Crippen molar-refractivity contribution in [3.63, 3.8) is 0 Å². The predicted octanol–water partition coefficient (Wildman–Crippen LogP) is 2.23. The number of H-pyrrole nitrogens is 1. The Labute approximate surface area is 123 Å². The Balaban J connectivity index is 1.88. The Kier molecular flexibility index (Phi) is 3.63. The van der Waals surface area contributed by atoms with Crippen molar-refractivity contribution in [3.8, 4) is 11.4 Å². The number of rotatable bonds is 2. The van der Waals surface area contributed by atoms with Crippen LogP contribution in [0.25, 0.3) is 11.4 Å². The van der Waals surface area contributed by atoms with Crippen molar-refractivity contribution in [1.82, 2.24) is 20.5 Å². The molecular formula is C14H18ClN5. The average molecular weight is 292 g/mol. The van der Waals surface area contributed by atoms with E-state index in [0.29, 0.717) is 11.1 Å². The summed E-state index contributed by atoms with van der Waals surface area (Å²) in [6.07, 6.45) is 0. The molecule has 2 N–H and O–H groups in total. The maximum absolute atomic E-state index is 6.06.